The van der Waals surface area contributed by atoms with Crippen LogP contribution in [0.1, 0.15) is 15.9 Å². The van der Waals surface area contributed by atoms with Crippen LogP contribution < -0.4 is 0 Å². The van der Waals surface area contributed by atoms with Gasteiger partial charge in [-0.2, -0.15) is 0 Å². The quantitative estimate of drug-likeness (QED) is 0.595. The average molecular weight is 227 g/mol. The Kier molecular flexibility index (Phi) is 3.40. The van der Waals surface area contributed by atoms with Crippen molar-refractivity contribution in [1.82, 2.24) is 4.98 Å². The second kappa shape index (κ2) is 5.16. The predicted octanol–water partition coefficient (Wildman–Crippen LogP) is 3.12. The molecule has 0 spiro atoms. The molecule has 0 saturated heterocycles. The van der Waals surface area contributed by atoms with Gasteiger partial charge in [0.15, 0.2) is 5.78 Å². The van der Waals surface area contributed by atoms with E-state index in [1.807, 2.05) is 0 Å². The van der Waals surface area contributed by atoms with E-state index in [0.717, 1.165) is 5.56 Å². The largest absolute Gasteiger partial charge is 0.289 e. The van der Waals surface area contributed by atoms with Crippen LogP contribution in [0.15, 0.2) is 54.9 Å². The molecule has 0 N–H and O–H groups in total. The van der Waals surface area contributed by atoms with E-state index >= 15 is 0 Å². The molecule has 0 atom stereocenters. The van der Waals surface area contributed by atoms with Crippen molar-refractivity contribution < 1.29 is 9.18 Å². The van der Waals surface area contributed by atoms with Crippen molar-refractivity contribution >= 4 is 11.9 Å². The molecule has 0 aliphatic rings. The van der Waals surface area contributed by atoms with Gasteiger partial charge in [0, 0.05) is 18.0 Å². The molecule has 1 aromatic heterocycles. The number of hydrogen-bond donors (Lipinski definition) is 0. The number of carbonyl (C=O) groups is 1. The SMILES string of the molecule is O=C(/C=C/c1ccncc1)c1ccc(F)cc1. The van der Waals surface area contributed by atoms with Crippen molar-refractivity contribution in [3.05, 3.63) is 71.8 Å². The van der Waals surface area contributed by atoms with Crippen molar-refractivity contribution in [2.75, 3.05) is 0 Å². The molecule has 84 valence electrons. The highest BCUT2D eigenvalue weighted by molar-refractivity contribution is 6.06. The molecule has 2 aromatic rings. The van der Waals surface area contributed by atoms with Crippen LogP contribution in [0.3, 0.4) is 0 Å². The first kappa shape index (κ1) is 11.2. The number of benzene rings is 1. The van der Waals surface area contributed by atoms with Gasteiger partial charge in [0.25, 0.3) is 0 Å². The lowest BCUT2D eigenvalue weighted by atomic mass is 10.1. The van der Waals surface area contributed by atoms with Crippen molar-refractivity contribution in [3.63, 3.8) is 0 Å². The summed E-state index contributed by atoms with van der Waals surface area (Å²) in [5.74, 6) is -0.499. The molecule has 1 heterocycles. The lowest BCUT2D eigenvalue weighted by Gasteiger charge is -1.95. The van der Waals surface area contributed by atoms with Gasteiger partial charge < -0.3 is 0 Å². The Bertz CT molecular complexity index is 532. The summed E-state index contributed by atoms with van der Waals surface area (Å²) in [6.45, 7) is 0. The van der Waals surface area contributed by atoms with Crippen LogP contribution in [0.2, 0.25) is 0 Å². The Hall–Kier alpha value is -2.29. The first-order chi connectivity index (χ1) is 8.25. The lowest BCUT2D eigenvalue weighted by molar-refractivity contribution is 0.104. The number of nitrogens with zero attached hydrogens (tertiary/aromatic N) is 1. The molecule has 17 heavy (non-hydrogen) atoms. The van der Waals surface area contributed by atoms with Crippen LogP contribution in [0.5, 0.6) is 0 Å². The van der Waals surface area contributed by atoms with Gasteiger partial charge in [-0.1, -0.05) is 6.08 Å². The number of carbonyl (C=O) groups excluding carboxylic acids is 1. The van der Waals surface area contributed by atoms with Gasteiger partial charge in [-0.05, 0) is 48.0 Å². The van der Waals surface area contributed by atoms with Gasteiger partial charge >= 0.3 is 0 Å². The van der Waals surface area contributed by atoms with E-state index in [1.54, 1.807) is 30.6 Å². The summed E-state index contributed by atoms with van der Waals surface area (Å²) in [7, 11) is 0. The topological polar surface area (TPSA) is 30.0 Å². The van der Waals surface area contributed by atoms with Gasteiger partial charge in [0.1, 0.15) is 5.82 Å². The third kappa shape index (κ3) is 3.08. The molecule has 2 nitrogen and oxygen atoms in total. The highest BCUT2D eigenvalue weighted by atomic mass is 19.1. The maximum absolute atomic E-state index is 12.7. The minimum atomic E-state index is -0.348. The van der Waals surface area contributed by atoms with Crippen molar-refractivity contribution in [1.29, 1.82) is 0 Å². The summed E-state index contributed by atoms with van der Waals surface area (Å²) in [4.78, 5) is 15.6. The molecule has 0 saturated carbocycles. The first-order valence-electron chi connectivity index (χ1n) is 5.14. The maximum atomic E-state index is 12.7. The smallest absolute Gasteiger partial charge is 0.185 e. The zero-order valence-electron chi connectivity index (χ0n) is 9.01. The summed E-state index contributed by atoms with van der Waals surface area (Å²) >= 11 is 0. The molecule has 0 fully saturated rings. The highest BCUT2D eigenvalue weighted by Gasteiger charge is 2.00. The number of aromatic nitrogens is 1. The van der Waals surface area contributed by atoms with Gasteiger partial charge in [0.2, 0.25) is 0 Å². The van der Waals surface area contributed by atoms with Crippen molar-refractivity contribution in [2.45, 2.75) is 0 Å². The average Bonchev–Trinajstić information content (AvgIpc) is 2.38. The Morgan fingerprint density at radius 2 is 1.71 bits per heavy atom. The Balaban J connectivity index is 2.12. The van der Waals surface area contributed by atoms with Gasteiger partial charge in [0.05, 0.1) is 0 Å². The van der Waals surface area contributed by atoms with E-state index in [4.69, 9.17) is 0 Å². The second-order valence-corrected chi connectivity index (χ2v) is 3.49. The molecular formula is C14H10FNO. The van der Waals surface area contributed by atoms with E-state index in [9.17, 15) is 9.18 Å². The fraction of sp³-hybridized carbons (Fsp3) is 0. The van der Waals surface area contributed by atoms with Gasteiger partial charge in [-0.3, -0.25) is 9.78 Å². The molecule has 0 aliphatic heterocycles. The predicted molar refractivity (Wildman–Crippen MR) is 64.0 cm³/mol. The molecule has 2 rings (SSSR count). The molecule has 0 amide bonds. The summed E-state index contributed by atoms with van der Waals surface area (Å²) in [6, 6.07) is 9.08. The Morgan fingerprint density at radius 1 is 1.06 bits per heavy atom. The van der Waals surface area contributed by atoms with Crippen LogP contribution in [-0.4, -0.2) is 10.8 Å². The summed E-state index contributed by atoms with van der Waals surface area (Å²) in [6.07, 6.45) is 6.47. The molecule has 0 radical (unpaired) electrons. The molecular weight excluding hydrogens is 217 g/mol. The van der Waals surface area contributed by atoms with E-state index in [1.165, 1.54) is 30.3 Å². The van der Waals surface area contributed by atoms with Crippen LogP contribution in [-0.2, 0) is 0 Å². The number of rotatable bonds is 3. The van der Waals surface area contributed by atoms with Crippen LogP contribution in [0, 0.1) is 5.82 Å². The number of hydrogen-bond acceptors (Lipinski definition) is 2. The molecule has 3 heteroatoms. The van der Waals surface area contributed by atoms with E-state index < -0.39 is 0 Å². The van der Waals surface area contributed by atoms with Gasteiger partial charge in [-0.15, -0.1) is 0 Å². The Labute approximate surface area is 98.4 Å². The van der Waals surface area contributed by atoms with Crippen LogP contribution in [0.4, 0.5) is 4.39 Å². The van der Waals surface area contributed by atoms with Gasteiger partial charge in [-0.25, -0.2) is 4.39 Å². The second-order valence-electron chi connectivity index (χ2n) is 3.49. The number of pyridine rings is 1. The van der Waals surface area contributed by atoms with Crippen molar-refractivity contribution in [2.24, 2.45) is 0 Å². The number of ketones is 1. The fourth-order valence-corrected chi connectivity index (χ4v) is 1.36. The molecule has 0 unspecified atom stereocenters. The van der Waals surface area contributed by atoms with Crippen molar-refractivity contribution in [3.8, 4) is 0 Å². The molecule has 1 aromatic carbocycles. The summed E-state index contributed by atoms with van der Waals surface area (Å²) in [5, 5.41) is 0. The minimum Gasteiger partial charge on any atom is -0.289 e. The lowest BCUT2D eigenvalue weighted by Crippen LogP contribution is -1.93. The highest BCUT2D eigenvalue weighted by Crippen LogP contribution is 2.06. The third-order valence-corrected chi connectivity index (χ3v) is 2.26. The first-order valence-corrected chi connectivity index (χ1v) is 5.14. The van der Waals surface area contributed by atoms with E-state index in [2.05, 4.69) is 4.98 Å². The van der Waals surface area contributed by atoms with E-state index in [-0.39, 0.29) is 11.6 Å². The number of allylic oxidation sites excluding steroid dienone is 1. The standard InChI is InChI=1S/C14H10FNO/c15-13-4-2-12(3-5-13)14(17)6-1-11-7-9-16-10-8-11/h1-10H/b6-1+. The monoisotopic (exact) mass is 227 g/mol. The minimum absolute atomic E-state index is 0.151. The Morgan fingerprint density at radius 3 is 2.35 bits per heavy atom. The summed E-state index contributed by atoms with van der Waals surface area (Å²) in [5.41, 5.74) is 1.37. The zero-order valence-corrected chi connectivity index (χ0v) is 9.01. The van der Waals surface area contributed by atoms with Crippen LogP contribution >= 0.6 is 0 Å². The molecule has 0 bridgehead atoms. The fourth-order valence-electron chi connectivity index (χ4n) is 1.36. The van der Waals surface area contributed by atoms with Crippen LogP contribution in [0.25, 0.3) is 6.08 Å². The zero-order chi connectivity index (χ0) is 12.1. The van der Waals surface area contributed by atoms with E-state index in [0.29, 0.717) is 5.56 Å². The normalized spacial score (nSPS) is 10.6. The molecule has 0 aliphatic carbocycles. The third-order valence-electron chi connectivity index (χ3n) is 2.26. The summed E-state index contributed by atoms with van der Waals surface area (Å²) < 4.78 is 12.7. The number of halogens is 1. The maximum Gasteiger partial charge on any atom is 0.185 e.